The SMILES string of the molecule is CNC1COc2c(C(=O)O)ccc(N3CCN(C)CC3)c2C1. The lowest BCUT2D eigenvalue weighted by Gasteiger charge is -2.37. The molecule has 2 N–H and O–H groups in total. The second-order valence-electron chi connectivity index (χ2n) is 6.04. The summed E-state index contributed by atoms with van der Waals surface area (Å²) in [7, 11) is 4.04. The van der Waals surface area contributed by atoms with Gasteiger partial charge >= 0.3 is 5.97 Å². The second kappa shape index (κ2) is 6.14. The van der Waals surface area contributed by atoms with Gasteiger partial charge in [-0.1, -0.05) is 0 Å². The Hall–Kier alpha value is -1.79. The third-order valence-electron chi connectivity index (χ3n) is 4.60. The Labute approximate surface area is 130 Å². The van der Waals surface area contributed by atoms with E-state index in [0.717, 1.165) is 43.9 Å². The summed E-state index contributed by atoms with van der Waals surface area (Å²) in [6.45, 7) is 4.46. The van der Waals surface area contributed by atoms with E-state index in [9.17, 15) is 9.90 Å². The Bertz CT molecular complexity index is 568. The average molecular weight is 305 g/mol. The molecule has 1 atom stereocenters. The minimum Gasteiger partial charge on any atom is -0.491 e. The van der Waals surface area contributed by atoms with Gasteiger partial charge < -0.3 is 25.0 Å². The van der Waals surface area contributed by atoms with E-state index in [2.05, 4.69) is 22.2 Å². The number of piperazine rings is 1. The van der Waals surface area contributed by atoms with Crippen LogP contribution in [0.3, 0.4) is 0 Å². The fourth-order valence-electron chi connectivity index (χ4n) is 3.17. The van der Waals surface area contributed by atoms with E-state index in [1.165, 1.54) is 0 Å². The van der Waals surface area contributed by atoms with E-state index in [1.54, 1.807) is 6.07 Å². The first-order valence-corrected chi connectivity index (χ1v) is 7.73. The van der Waals surface area contributed by atoms with Crippen molar-refractivity contribution in [2.24, 2.45) is 0 Å². The Morgan fingerprint density at radius 3 is 2.68 bits per heavy atom. The Balaban J connectivity index is 1.98. The molecule has 0 aromatic heterocycles. The van der Waals surface area contributed by atoms with E-state index >= 15 is 0 Å². The van der Waals surface area contributed by atoms with Crippen molar-refractivity contribution in [3.8, 4) is 5.75 Å². The number of hydrogen-bond acceptors (Lipinski definition) is 5. The van der Waals surface area contributed by atoms with Gasteiger partial charge in [0.25, 0.3) is 0 Å². The zero-order valence-electron chi connectivity index (χ0n) is 13.1. The highest BCUT2D eigenvalue weighted by molar-refractivity contribution is 5.93. The van der Waals surface area contributed by atoms with Crippen LogP contribution in [0.5, 0.6) is 5.75 Å². The number of likely N-dealkylation sites (N-methyl/N-ethyl adjacent to an activating group) is 2. The van der Waals surface area contributed by atoms with Gasteiger partial charge in [0.15, 0.2) is 0 Å². The molecule has 3 rings (SSSR count). The normalized spacial score (nSPS) is 22.1. The van der Waals surface area contributed by atoms with E-state index in [-0.39, 0.29) is 11.6 Å². The summed E-state index contributed by atoms with van der Waals surface area (Å²) < 4.78 is 5.79. The zero-order chi connectivity index (χ0) is 15.7. The fraction of sp³-hybridized carbons (Fsp3) is 0.562. The van der Waals surface area contributed by atoms with Gasteiger partial charge in [-0.3, -0.25) is 0 Å². The molecule has 1 aromatic carbocycles. The first kappa shape index (κ1) is 15.1. The van der Waals surface area contributed by atoms with Crippen LogP contribution in [0.25, 0.3) is 0 Å². The number of anilines is 1. The molecule has 0 aliphatic carbocycles. The van der Waals surface area contributed by atoms with Gasteiger partial charge in [-0.15, -0.1) is 0 Å². The molecule has 6 heteroatoms. The number of hydrogen-bond donors (Lipinski definition) is 2. The van der Waals surface area contributed by atoms with Crippen molar-refractivity contribution in [3.63, 3.8) is 0 Å². The van der Waals surface area contributed by atoms with Gasteiger partial charge in [0.1, 0.15) is 17.9 Å². The van der Waals surface area contributed by atoms with Crippen LogP contribution in [0.4, 0.5) is 5.69 Å². The van der Waals surface area contributed by atoms with Gasteiger partial charge in [-0.25, -0.2) is 4.79 Å². The Morgan fingerprint density at radius 2 is 2.05 bits per heavy atom. The standard InChI is InChI=1S/C16H23N3O3/c1-17-11-9-13-14(19-7-5-18(2)6-8-19)4-3-12(16(20)21)15(13)22-10-11/h3-4,11,17H,5-10H2,1-2H3,(H,20,21). The lowest BCUT2D eigenvalue weighted by atomic mass is 9.96. The molecule has 22 heavy (non-hydrogen) atoms. The number of nitrogens with zero attached hydrogens (tertiary/aromatic N) is 2. The maximum absolute atomic E-state index is 11.4. The van der Waals surface area contributed by atoms with Gasteiger partial charge in [0.05, 0.1) is 0 Å². The molecule has 0 radical (unpaired) electrons. The number of aromatic carboxylic acids is 1. The minimum absolute atomic E-state index is 0.225. The quantitative estimate of drug-likeness (QED) is 0.855. The first-order valence-electron chi connectivity index (χ1n) is 7.73. The monoisotopic (exact) mass is 305 g/mol. The number of ether oxygens (including phenoxy) is 1. The van der Waals surface area contributed by atoms with Crippen molar-refractivity contribution in [1.82, 2.24) is 10.2 Å². The molecule has 2 aliphatic heterocycles. The third-order valence-corrected chi connectivity index (χ3v) is 4.60. The number of benzene rings is 1. The van der Waals surface area contributed by atoms with Crippen LogP contribution in [0.2, 0.25) is 0 Å². The van der Waals surface area contributed by atoms with E-state index in [0.29, 0.717) is 12.4 Å². The predicted octanol–water partition coefficient (Wildman–Crippen LogP) is 0.659. The number of carboxylic acids is 1. The van der Waals surface area contributed by atoms with Crippen LogP contribution in [0.1, 0.15) is 15.9 Å². The summed E-state index contributed by atoms with van der Waals surface area (Å²) in [5, 5.41) is 12.6. The topological polar surface area (TPSA) is 65.0 Å². The average Bonchev–Trinajstić information content (AvgIpc) is 2.54. The highest BCUT2D eigenvalue weighted by atomic mass is 16.5. The van der Waals surface area contributed by atoms with E-state index in [4.69, 9.17) is 4.74 Å². The maximum atomic E-state index is 11.4. The molecule has 0 saturated carbocycles. The lowest BCUT2D eigenvalue weighted by molar-refractivity contribution is 0.0690. The van der Waals surface area contributed by atoms with Crippen molar-refractivity contribution in [2.45, 2.75) is 12.5 Å². The van der Waals surface area contributed by atoms with Gasteiger partial charge in [0.2, 0.25) is 0 Å². The molecule has 1 saturated heterocycles. The largest absolute Gasteiger partial charge is 0.491 e. The second-order valence-corrected chi connectivity index (χ2v) is 6.04. The molecule has 1 fully saturated rings. The van der Waals surface area contributed by atoms with Crippen LogP contribution in [0.15, 0.2) is 12.1 Å². The molecule has 120 valence electrons. The molecule has 6 nitrogen and oxygen atoms in total. The molecule has 2 heterocycles. The molecule has 0 bridgehead atoms. The van der Waals surface area contributed by atoms with Crippen molar-refractivity contribution in [2.75, 3.05) is 51.8 Å². The number of carbonyl (C=O) groups is 1. The summed E-state index contributed by atoms with van der Waals surface area (Å²) in [4.78, 5) is 16.1. The van der Waals surface area contributed by atoms with E-state index in [1.807, 2.05) is 13.1 Å². The molecule has 2 aliphatic rings. The summed E-state index contributed by atoms with van der Waals surface area (Å²) in [6.07, 6.45) is 0.800. The molecule has 1 aromatic rings. The van der Waals surface area contributed by atoms with Gasteiger partial charge in [-0.2, -0.15) is 0 Å². The molecular formula is C16H23N3O3. The van der Waals surface area contributed by atoms with Crippen molar-refractivity contribution in [1.29, 1.82) is 0 Å². The third kappa shape index (κ3) is 2.76. The summed E-state index contributed by atoms with van der Waals surface area (Å²) in [5.74, 6) is -0.375. The van der Waals surface area contributed by atoms with Crippen molar-refractivity contribution in [3.05, 3.63) is 23.3 Å². The van der Waals surface area contributed by atoms with E-state index < -0.39 is 5.97 Å². The number of rotatable bonds is 3. The Morgan fingerprint density at radius 1 is 1.32 bits per heavy atom. The number of carboxylic acid groups (broad SMARTS) is 1. The summed E-state index contributed by atoms with van der Waals surface area (Å²) in [5.41, 5.74) is 2.41. The number of fused-ring (bicyclic) bond motifs is 1. The van der Waals surface area contributed by atoms with Crippen LogP contribution < -0.4 is 15.0 Å². The number of nitrogens with one attached hydrogen (secondary N) is 1. The lowest BCUT2D eigenvalue weighted by Crippen LogP contribution is -2.45. The highest BCUT2D eigenvalue weighted by Crippen LogP contribution is 2.37. The molecule has 0 spiro atoms. The highest BCUT2D eigenvalue weighted by Gasteiger charge is 2.28. The zero-order valence-corrected chi connectivity index (χ0v) is 13.1. The smallest absolute Gasteiger partial charge is 0.339 e. The van der Waals surface area contributed by atoms with Crippen LogP contribution in [-0.2, 0) is 6.42 Å². The van der Waals surface area contributed by atoms with Gasteiger partial charge in [-0.05, 0) is 32.6 Å². The minimum atomic E-state index is -0.927. The summed E-state index contributed by atoms with van der Waals surface area (Å²) in [6, 6.07) is 3.84. The fourth-order valence-corrected chi connectivity index (χ4v) is 3.17. The molecular weight excluding hydrogens is 282 g/mol. The first-order chi connectivity index (χ1) is 10.6. The van der Waals surface area contributed by atoms with Crippen molar-refractivity contribution < 1.29 is 14.6 Å². The van der Waals surface area contributed by atoms with Crippen LogP contribution in [-0.4, -0.2) is 68.9 Å². The molecule has 1 unspecified atom stereocenters. The predicted molar refractivity (Wildman–Crippen MR) is 85.2 cm³/mol. The maximum Gasteiger partial charge on any atom is 0.339 e. The van der Waals surface area contributed by atoms with Crippen LogP contribution in [0, 0.1) is 0 Å². The van der Waals surface area contributed by atoms with Crippen LogP contribution >= 0.6 is 0 Å². The summed E-state index contributed by atoms with van der Waals surface area (Å²) >= 11 is 0. The van der Waals surface area contributed by atoms with Gasteiger partial charge in [0, 0.05) is 43.5 Å². The Kier molecular flexibility index (Phi) is 4.22. The molecule has 0 amide bonds. The van der Waals surface area contributed by atoms with Crippen molar-refractivity contribution >= 4 is 11.7 Å².